The normalized spacial score (nSPS) is 19.4. The van der Waals surface area contributed by atoms with Crippen molar-refractivity contribution >= 4 is 23.3 Å². The summed E-state index contributed by atoms with van der Waals surface area (Å²) in [5, 5.41) is 15.3. The lowest BCUT2D eigenvalue weighted by Crippen LogP contribution is -2.49. The van der Waals surface area contributed by atoms with E-state index in [1.54, 1.807) is 35.2 Å². The van der Waals surface area contributed by atoms with Gasteiger partial charge in [0.1, 0.15) is 6.10 Å². The maximum absolute atomic E-state index is 13.4. The van der Waals surface area contributed by atoms with Gasteiger partial charge in [0.25, 0.3) is 5.91 Å². The number of para-hydroxylation sites is 2. The van der Waals surface area contributed by atoms with E-state index >= 15 is 0 Å². The molecule has 3 atom stereocenters. The minimum atomic E-state index is -0.430. The van der Waals surface area contributed by atoms with Gasteiger partial charge in [0.15, 0.2) is 5.75 Å². The lowest BCUT2D eigenvalue weighted by molar-refractivity contribution is 0.0365. The van der Waals surface area contributed by atoms with E-state index in [0.717, 1.165) is 0 Å². The standard InChI is InChI=1S/C24H32N4O4/c1-16-13-28(17(2)15-29)23(30)19-11-8-12-20(22(19)32-21(16)14-27(3)4)26-24(31)25-18-9-6-5-7-10-18/h5-12,16-17,21,29H,13-15H2,1-4H3,(H2,25,26,31)/t16-,17-,21+/m0/s1. The van der Waals surface area contributed by atoms with Crippen LogP contribution in [0.25, 0.3) is 0 Å². The zero-order valence-electron chi connectivity index (χ0n) is 19.0. The van der Waals surface area contributed by atoms with E-state index in [9.17, 15) is 14.7 Å². The van der Waals surface area contributed by atoms with Gasteiger partial charge in [-0.1, -0.05) is 31.2 Å². The third-order valence-electron chi connectivity index (χ3n) is 5.52. The molecule has 2 aromatic carbocycles. The van der Waals surface area contributed by atoms with Crippen LogP contribution in [0.4, 0.5) is 16.2 Å². The van der Waals surface area contributed by atoms with Gasteiger partial charge in [-0.05, 0) is 45.3 Å². The van der Waals surface area contributed by atoms with Crippen LogP contribution in [0.3, 0.4) is 0 Å². The topological polar surface area (TPSA) is 94.1 Å². The maximum Gasteiger partial charge on any atom is 0.323 e. The summed E-state index contributed by atoms with van der Waals surface area (Å²) in [6.07, 6.45) is -0.217. The highest BCUT2D eigenvalue weighted by molar-refractivity contribution is 6.04. The Morgan fingerprint density at radius 1 is 1.19 bits per heavy atom. The lowest BCUT2D eigenvalue weighted by Gasteiger charge is -2.38. The number of urea groups is 1. The van der Waals surface area contributed by atoms with Crippen molar-refractivity contribution < 1.29 is 19.4 Å². The smallest absolute Gasteiger partial charge is 0.323 e. The van der Waals surface area contributed by atoms with Crippen LogP contribution in [0.5, 0.6) is 5.75 Å². The van der Waals surface area contributed by atoms with Crippen molar-refractivity contribution in [2.75, 3.05) is 44.4 Å². The molecule has 8 nitrogen and oxygen atoms in total. The summed E-state index contributed by atoms with van der Waals surface area (Å²) in [6.45, 7) is 4.82. The van der Waals surface area contributed by atoms with Crippen molar-refractivity contribution in [3.05, 3.63) is 54.1 Å². The molecule has 0 bridgehead atoms. The van der Waals surface area contributed by atoms with Crippen molar-refractivity contribution in [3.8, 4) is 5.75 Å². The minimum Gasteiger partial charge on any atom is -0.486 e. The van der Waals surface area contributed by atoms with E-state index in [-0.39, 0.29) is 30.6 Å². The first-order chi connectivity index (χ1) is 15.3. The molecular formula is C24H32N4O4. The SMILES string of the molecule is C[C@H]1CN([C@@H](C)CO)C(=O)c2cccc(NC(=O)Nc3ccccc3)c2O[C@@H]1CN(C)C. The van der Waals surface area contributed by atoms with Crippen LogP contribution in [-0.4, -0.2) is 72.8 Å². The number of hydrogen-bond donors (Lipinski definition) is 3. The predicted molar refractivity (Wildman–Crippen MR) is 125 cm³/mol. The number of aliphatic hydroxyl groups is 1. The van der Waals surface area contributed by atoms with Crippen molar-refractivity contribution in [1.29, 1.82) is 0 Å². The van der Waals surface area contributed by atoms with Crippen LogP contribution < -0.4 is 15.4 Å². The Balaban J connectivity index is 1.96. The van der Waals surface area contributed by atoms with Gasteiger partial charge in [0.2, 0.25) is 0 Å². The molecule has 0 unspecified atom stereocenters. The molecule has 0 fully saturated rings. The van der Waals surface area contributed by atoms with E-state index in [0.29, 0.717) is 35.8 Å². The number of carbonyl (C=O) groups excluding carboxylic acids is 2. The molecule has 1 aliphatic rings. The van der Waals surface area contributed by atoms with Crippen LogP contribution in [0.1, 0.15) is 24.2 Å². The zero-order chi connectivity index (χ0) is 23.3. The highest BCUT2D eigenvalue weighted by atomic mass is 16.5. The number of hydrogen-bond acceptors (Lipinski definition) is 5. The molecule has 0 saturated carbocycles. The molecule has 1 aliphatic heterocycles. The Bertz CT molecular complexity index is 935. The number of nitrogens with zero attached hydrogens (tertiary/aromatic N) is 2. The van der Waals surface area contributed by atoms with Crippen LogP contribution in [0, 0.1) is 5.92 Å². The summed E-state index contributed by atoms with van der Waals surface area (Å²) < 4.78 is 6.38. The third kappa shape index (κ3) is 5.57. The summed E-state index contributed by atoms with van der Waals surface area (Å²) in [7, 11) is 3.93. The third-order valence-corrected chi connectivity index (χ3v) is 5.52. The van der Waals surface area contributed by atoms with Gasteiger partial charge in [0.05, 0.1) is 23.9 Å². The fraction of sp³-hybridized carbons (Fsp3) is 0.417. The van der Waals surface area contributed by atoms with E-state index in [4.69, 9.17) is 4.74 Å². The molecule has 0 radical (unpaired) electrons. The number of nitrogens with one attached hydrogen (secondary N) is 2. The Hall–Kier alpha value is -3.10. The zero-order valence-corrected chi connectivity index (χ0v) is 19.0. The van der Waals surface area contributed by atoms with E-state index in [1.165, 1.54) is 0 Å². The van der Waals surface area contributed by atoms with Crippen LogP contribution >= 0.6 is 0 Å². The molecule has 3 amide bonds. The molecule has 8 heteroatoms. The first kappa shape index (κ1) is 23.6. The summed E-state index contributed by atoms with van der Waals surface area (Å²) in [5.41, 5.74) is 1.43. The molecule has 0 saturated heterocycles. The van der Waals surface area contributed by atoms with Crippen molar-refractivity contribution in [1.82, 2.24) is 9.80 Å². The van der Waals surface area contributed by atoms with Gasteiger partial charge in [-0.2, -0.15) is 0 Å². The first-order valence-corrected chi connectivity index (χ1v) is 10.8. The monoisotopic (exact) mass is 440 g/mol. The molecule has 0 aromatic heterocycles. The van der Waals surface area contributed by atoms with Gasteiger partial charge >= 0.3 is 6.03 Å². The van der Waals surface area contributed by atoms with Crippen LogP contribution in [-0.2, 0) is 0 Å². The second-order valence-corrected chi connectivity index (χ2v) is 8.51. The maximum atomic E-state index is 13.4. The Labute approximate surface area is 189 Å². The number of carbonyl (C=O) groups is 2. The Morgan fingerprint density at radius 2 is 1.91 bits per heavy atom. The molecule has 32 heavy (non-hydrogen) atoms. The molecule has 1 heterocycles. The molecule has 0 aliphatic carbocycles. The second-order valence-electron chi connectivity index (χ2n) is 8.51. The number of fused-ring (bicyclic) bond motifs is 1. The van der Waals surface area contributed by atoms with Crippen molar-refractivity contribution in [2.45, 2.75) is 26.0 Å². The number of likely N-dealkylation sites (N-methyl/N-ethyl adjacent to an activating group) is 1. The Kier molecular flexibility index (Phi) is 7.71. The lowest BCUT2D eigenvalue weighted by atomic mass is 9.99. The number of benzene rings is 2. The summed E-state index contributed by atoms with van der Waals surface area (Å²) in [5.74, 6) is 0.118. The number of ether oxygens (including phenoxy) is 1. The number of aliphatic hydroxyl groups excluding tert-OH is 1. The van der Waals surface area contributed by atoms with Crippen LogP contribution in [0.15, 0.2) is 48.5 Å². The van der Waals surface area contributed by atoms with E-state index in [1.807, 2.05) is 51.0 Å². The average molecular weight is 441 g/mol. The Morgan fingerprint density at radius 3 is 2.56 bits per heavy atom. The van der Waals surface area contributed by atoms with Gasteiger partial charge in [-0.15, -0.1) is 0 Å². The van der Waals surface area contributed by atoms with Gasteiger partial charge < -0.3 is 30.3 Å². The summed E-state index contributed by atoms with van der Waals surface area (Å²) in [6, 6.07) is 13.5. The molecule has 2 aromatic rings. The molecule has 0 spiro atoms. The highest BCUT2D eigenvalue weighted by Crippen LogP contribution is 2.35. The minimum absolute atomic E-state index is 0.00898. The van der Waals surface area contributed by atoms with Gasteiger partial charge in [0, 0.05) is 24.7 Å². The second kappa shape index (κ2) is 10.5. The largest absolute Gasteiger partial charge is 0.486 e. The molecule has 172 valence electrons. The van der Waals surface area contributed by atoms with E-state index < -0.39 is 6.03 Å². The summed E-state index contributed by atoms with van der Waals surface area (Å²) >= 11 is 0. The van der Waals surface area contributed by atoms with E-state index in [2.05, 4.69) is 10.6 Å². The van der Waals surface area contributed by atoms with Gasteiger partial charge in [-0.3, -0.25) is 4.79 Å². The highest BCUT2D eigenvalue weighted by Gasteiger charge is 2.34. The number of rotatable bonds is 6. The van der Waals surface area contributed by atoms with Crippen LogP contribution in [0.2, 0.25) is 0 Å². The van der Waals surface area contributed by atoms with Gasteiger partial charge in [-0.25, -0.2) is 4.79 Å². The number of anilines is 2. The molecular weight excluding hydrogens is 408 g/mol. The van der Waals surface area contributed by atoms with Crippen molar-refractivity contribution in [3.63, 3.8) is 0 Å². The quantitative estimate of drug-likeness (QED) is 0.642. The fourth-order valence-electron chi connectivity index (χ4n) is 3.73. The first-order valence-electron chi connectivity index (χ1n) is 10.8. The predicted octanol–water partition coefficient (Wildman–Crippen LogP) is 3.11. The number of amides is 3. The molecule has 3 rings (SSSR count). The fourth-order valence-corrected chi connectivity index (χ4v) is 3.73. The average Bonchev–Trinajstić information content (AvgIpc) is 2.76. The van der Waals surface area contributed by atoms with Crippen molar-refractivity contribution in [2.24, 2.45) is 5.92 Å². The molecule has 3 N–H and O–H groups in total. The summed E-state index contributed by atoms with van der Waals surface area (Å²) in [4.78, 5) is 29.7.